The van der Waals surface area contributed by atoms with Crippen LogP contribution in [-0.2, 0) is 4.74 Å². The van der Waals surface area contributed by atoms with E-state index in [0.29, 0.717) is 22.4 Å². The molecule has 3 rings (SSSR count). The first kappa shape index (κ1) is 19.8. The van der Waals surface area contributed by atoms with Gasteiger partial charge in [-0.3, -0.25) is 0 Å². The summed E-state index contributed by atoms with van der Waals surface area (Å²) in [5, 5.41) is 4.01. The van der Waals surface area contributed by atoms with Crippen molar-refractivity contribution >= 4 is 40.5 Å². The van der Waals surface area contributed by atoms with Crippen LogP contribution in [-0.4, -0.2) is 18.1 Å². The highest BCUT2D eigenvalue weighted by atomic mass is 35.5. The second kappa shape index (κ2) is 9.34. The molecule has 5 heteroatoms. The van der Waals surface area contributed by atoms with Crippen LogP contribution in [0.1, 0.15) is 53.9 Å². The molecule has 0 heterocycles. The second-order valence-electron chi connectivity index (χ2n) is 7.09. The highest BCUT2D eigenvalue weighted by Crippen LogP contribution is 2.37. The van der Waals surface area contributed by atoms with Crippen molar-refractivity contribution in [1.82, 2.24) is 0 Å². The van der Waals surface area contributed by atoms with Gasteiger partial charge in [-0.2, -0.15) is 0 Å². The maximum absolute atomic E-state index is 11.5. The van der Waals surface area contributed by atoms with Crippen LogP contribution < -0.4 is 5.32 Å². The molecule has 0 amide bonds. The van der Waals surface area contributed by atoms with E-state index in [1.807, 2.05) is 36.4 Å². The third kappa shape index (κ3) is 5.53. The highest BCUT2D eigenvalue weighted by Gasteiger charge is 2.23. The zero-order valence-electron chi connectivity index (χ0n) is 15.4. The first-order chi connectivity index (χ1) is 13.0. The first-order valence-corrected chi connectivity index (χ1v) is 10.1. The lowest BCUT2D eigenvalue weighted by atomic mass is 9.77. The van der Waals surface area contributed by atoms with Crippen molar-refractivity contribution in [3.05, 3.63) is 64.7 Å². The minimum absolute atomic E-state index is 0.286. The summed E-state index contributed by atoms with van der Waals surface area (Å²) in [6, 6.07) is 15.5. The van der Waals surface area contributed by atoms with E-state index in [2.05, 4.69) is 17.4 Å². The molecule has 0 radical (unpaired) electrons. The van der Waals surface area contributed by atoms with Crippen molar-refractivity contribution in [3.8, 4) is 0 Å². The van der Waals surface area contributed by atoms with Crippen LogP contribution in [0.4, 0.5) is 5.69 Å². The quantitative estimate of drug-likeness (QED) is 0.476. The predicted octanol–water partition coefficient (Wildman–Crippen LogP) is 6.23. The lowest BCUT2D eigenvalue weighted by Crippen LogP contribution is -2.19. The van der Waals surface area contributed by atoms with Gasteiger partial charge in [-0.15, -0.1) is 0 Å². The van der Waals surface area contributed by atoms with Crippen LogP contribution >= 0.6 is 23.8 Å². The van der Waals surface area contributed by atoms with E-state index in [0.717, 1.165) is 29.9 Å². The minimum atomic E-state index is -0.286. The largest absolute Gasteiger partial charge is 0.465 e. The molecule has 27 heavy (non-hydrogen) atoms. The Morgan fingerprint density at radius 2 is 1.85 bits per heavy atom. The standard InChI is InChI=1S/C22H24ClNO2S/c1-26-22(25)18-11-9-17(10-12-18)16-7-5-15(6-8-16)13-21(27)24-20-4-2-3-19(23)14-20/h2-4,9-12,14-16H,5-8,13H2,1H3,(H,24,27). The maximum Gasteiger partial charge on any atom is 0.337 e. The van der Waals surface area contributed by atoms with Gasteiger partial charge in [-0.05, 0) is 73.4 Å². The summed E-state index contributed by atoms with van der Waals surface area (Å²) in [5.74, 6) is 0.892. The molecule has 0 bridgehead atoms. The minimum Gasteiger partial charge on any atom is -0.465 e. The van der Waals surface area contributed by atoms with Crippen molar-refractivity contribution < 1.29 is 9.53 Å². The Bertz CT molecular complexity index is 798. The van der Waals surface area contributed by atoms with Crippen LogP contribution in [0.15, 0.2) is 48.5 Å². The zero-order chi connectivity index (χ0) is 19.2. The van der Waals surface area contributed by atoms with Gasteiger partial charge in [-0.25, -0.2) is 4.79 Å². The molecule has 0 saturated heterocycles. The van der Waals surface area contributed by atoms with Gasteiger partial charge >= 0.3 is 5.97 Å². The van der Waals surface area contributed by atoms with Crippen LogP contribution in [0.3, 0.4) is 0 Å². The normalized spacial score (nSPS) is 19.3. The summed E-state index contributed by atoms with van der Waals surface area (Å²) in [7, 11) is 1.41. The Morgan fingerprint density at radius 3 is 2.48 bits per heavy atom. The average Bonchev–Trinajstić information content (AvgIpc) is 2.68. The average molecular weight is 402 g/mol. The summed E-state index contributed by atoms with van der Waals surface area (Å²) >= 11 is 11.6. The number of carbonyl (C=O) groups excluding carboxylic acids is 1. The fourth-order valence-corrected chi connectivity index (χ4v) is 4.29. The summed E-state index contributed by atoms with van der Waals surface area (Å²) in [6.45, 7) is 0. The van der Waals surface area contributed by atoms with Gasteiger partial charge in [0.2, 0.25) is 0 Å². The first-order valence-electron chi connectivity index (χ1n) is 9.29. The Balaban J connectivity index is 1.48. The van der Waals surface area contributed by atoms with Crippen LogP contribution in [0.2, 0.25) is 5.02 Å². The highest BCUT2D eigenvalue weighted by molar-refractivity contribution is 7.80. The predicted molar refractivity (Wildman–Crippen MR) is 115 cm³/mol. The SMILES string of the molecule is COC(=O)c1ccc(C2CCC(CC(=S)Nc3cccc(Cl)c3)CC2)cc1. The number of anilines is 1. The number of halogens is 1. The van der Waals surface area contributed by atoms with E-state index in [4.69, 9.17) is 28.6 Å². The molecule has 0 unspecified atom stereocenters. The number of hydrogen-bond acceptors (Lipinski definition) is 3. The van der Waals surface area contributed by atoms with E-state index in [1.165, 1.54) is 25.5 Å². The fourth-order valence-electron chi connectivity index (χ4n) is 3.75. The Morgan fingerprint density at radius 1 is 1.15 bits per heavy atom. The molecule has 1 fully saturated rings. The van der Waals surface area contributed by atoms with Crippen molar-refractivity contribution in [2.24, 2.45) is 5.92 Å². The molecular formula is C22H24ClNO2S. The van der Waals surface area contributed by atoms with E-state index in [1.54, 1.807) is 0 Å². The maximum atomic E-state index is 11.5. The molecular weight excluding hydrogens is 378 g/mol. The molecule has 1 aliphatic rings. The molecule has 0 aromatic heterocycles. The fraction of sp³-hybridized carbons (Fsp3) is 0.364. The van der Waals surface area contributed by atoms with Gasteiger partial charge in [0.05, 0.1) is 17.7 Å². The smallest absolute Gasteiger partial charge is 0.337 e. The summed E-state index contributed by atoms with van der Waals surface area (Å²) in [6.07, 6.45) is 5.56. The van der Waals surface area contributed by atoms with Crippen LogP contribution in [0.25, 0.3) is 0 Å². The van der Waals surface area contributed by atoms with Crippen LogP contribution in [0, 0.1) is 5.92 Å². The number of benzene rings is 2. The van der Waals surface area contributed by atoms with E-state index in [9.17, 15) is 4.79 Å². The molecule has 1 N–H and O–H groups in total. The number of esters is 1. The number of rotatable bonds is 5. The molecule has 2 aromatic rings. The topological polar surface area (TPSA) is 38.3 Å². The van der Waals surface area contributed by atoms with Crippen molar-refractivity contribution in [2.45, 2.75) is 38.0 Å². The van der Waals surface area contributed by atoms with Gasteiger partial charge in [0.15, 0.2) is 0 Å². The third-order valence-electron chi connectivity index (χ3n) is 5.23. The molecule has 1 saturated carbocycles. The zero-order valence-corrected chi connectivity index (χ0v) is 17.0. The van der Waals surface area contributed by atoms with Gasteiger partial charge in [0, 0.05) is 17.1 Å². The number of ether oxygens (including phenoxy) is 1. The Kier molecular flexibility index (Phi) is 6.86. The summed E-state index contributed by atoms with van der Waals surface area (Å²) in [5.41, 5.74) is 2.86. The number of nitrogens with one attached hydrogen (secondary N) is 1. The molecule has 0 spiro atoms. The van der Waals surface area contributed by atoms with Gasteiger partial charge in [0.1, 0.15) is 0 Å². The molecule has 0 aliphatic heterocycles. The lowest BCUT2D eigenvalue weighted by molar-refractivity contribution is 0.0600. The summed E-state index contributed by atoms with van der Waals surface area (Å²) in [4.78, 5) is 12.4. The lowest BCUT2D eigenvalue weighted by Gasteiger charge is -2.29. The number of thiocarbonyl (C=S) groups is 1. The molecule has 142 valence electrons. The monoisotopic (exact) mass is 401 g/mol. The van der Waals surface area contributed by atoms with E-state index >= 15 is 0 Å². The van der Waals surface area contributed by atoms with Crippen molar-refractivity contribution in [3.63, 3.8) is 0 Å². The molecule has 3 nitrogen and oxygen atoms in total. The molecule has 2 aromatic carbocycles. The number of hydrogen-bond donors (Lipinski definition) is 1. The van der Waals surface area contributed by atoms with E-state index < -0.39 is 0 Å². The van der Waals surface area contributed by atoms with Crippen molar-refractivity contribution in [1.29, 1.82) is 0 Å². The number of carbonyl (C=O) groups is 1. The molecule has 1 aliphatic carbocycles. The number of methoxy groups -OCH3 is 1. The van der Waals surface area contributed by atoms with Gasteiger partial charge in [0.25, 0.3) is 0 Å². The third-order valence-corrected chi connectivity index (χ3v) is 5.74. The van der Waals surface area contributed by atoms with E-state index in [-0.39, 0.29) is 5.97 Å². The molecule has 0 atom stereocenters. The Hall–Kier alpha value is -1.91. The Labute approximate surface area is 171 Å². The van der Waals surface area contributed by atoms with Gasteiger partial charge in [-0.1, -0.05) is 42.0 Å². The summed E-state index contributed by atoms with van der Waals surface area (Å²) < 4.78 is 4.76. The van der Waals surface area contributed by atoms with Crippen LogP contribution in [0.5, 0.6) is 0 Å². The second-order valence-corrected chi connectivity index (χ2v) is 8.02. The van der Waals surface area contributed by atoms with Crippen molar-refractivity contribution in [2.75, 3.05) is 12.4 Å². The van der Waals surface area contributed by atoms with Gasteiger partial charge < -0.3 is 10.1 Å².